The fourth-order valence-corrected chi connectivity index (χ4v) is 5.17. The lowest BCUT2D eigenvalue weighted by molar-refractivity contribution is -0.138. The number of aliphatic imine (C=N–C) groups is 1. The number of amides is 1. The Balaban J connectivity index is 1.78. The van der Waals surface area contributed by atoms with E-state index in [2.05, 4.69) is 9.56 Å². The van der Waals surface area contributed by atoms with Crippen LogP contribution in [0.1, 0.15) is 31.4 Å². The SMILES string of the molecule is CCOC(=O)C1=C(O)/C(=C/c2cn(Cc3ccc(Cl)cc3Cl)c3ccccc23)SC1=NC(=O)CC. The highest BCUT2D eigenvalue weighted by Gasteiger charge is 2.33. The average molecular weight is 529 g/mol. The largest absolute Gasteiger partial charge is 0.506 e. The maximum absolute atomic E-state index is 12.5. The van der Waals surface area contributed by atoms with Crippen LogP contribution in [0.2, 0.25) is 10.0 Å². The zero-order valence-corrected chi connectivity index (χ0v) is 21.4. The van der Waals surface area contributed by atoms with E-state index in [1.165, 1.54) is 0 Å². The predicted molar refractivity (Wildman–Crippen MR) is 142 cm³/mol. The molecular formula is C26H22Cl2N2O4S. The van der Waals surface area contributed by atoms with Crippen LogP contribution in [0.5, 0.6) is 0 Å². The third kappa shape index (κ3) is 5.32. The van der Waals surface area contributed by atoms with Crippen LogP contribution in [-0.2, 0) is 20.9 Å². The maximum Gasteiger partial charge on any atom is 0.344 e. The van der Waals surface area contributed by atoms with E-state index in [0.29, 0.717) is 21.5 Å². The lowest BCUT2D eigenvalue weighted by atomic mass is 10.1. The molecule has 6 nitrogen and oxygen atoms in total. The van der Waals surface area contributed by atoms with Crippen molar-refractivity contribution in [2.75, 3.05) is 6.61 Å². The second-order valence-corrected chi connectivity index (χ2v) is 9.56. The monoisotopic (exact) mass is 528 g/mol. The number of nitrogens with zero attached hydrogens (tertiary/aromatic N) is 2. The molecule has 1 aromatic heterocycles. The van der Waals surface area contributed by atoms with Crippen molar-refractivity contribution < 1.29 is 19.4 Å². The standard InChI is InChI=1S/C26H22Cl2N2O4S/c1-3-22(31)29-25-23(26(33)34-4-2)24(32)21(35-25)11-16-14-30(20-8-6-5-7-18(16)20)13-15-9-10-17(27)12-19(15)28/h5-12,14,32H,3-4,13H2,1-2H3/b21-11-,29-25?. The van der Waals surface area contributed by atoms with Crippen molar-refractivity contribution in [2.45, 2.75) is 26.8 Å². The number of rotatable bonds is 6. The molecule has 0 saturated heterocycles. The van der Waals surface area contributed by atoms with Crippen molar-refractivity contribution in [2.24, 2.45) is 4.99 Å². The number of para-hydroxylation sites is 1. The number of aliphatic hydroxyl groups excluding tert-OH is 1. The van der Waals surface area contributed by atoms with Crippen LogP contribution in [0, 0.1) is 0 Å². The van der Waals surface area contributed by atoms with E-state index in [9.17, 15) is 14.7 Å². The molecule has 0 saturated carbocycles. The summed E-state index contributed by atoms with van der Waals surface area (Å²) in [6.07, 6.45) is 3.91. The molecule has 0 unspecified atom stereocenters. The quantitative estimate of drug-likeness (QED) is 0.356. The molecular weight excluding hydrogens is 507 g/mol. The van der Waals surface area contributed by atoms with Crippen LogP contribution in [-0.4, -0.2) is 33.2 Å². The number of ether oxygens (including phenoxy) is 1. The fourth-order valence-electron chi connectivity index (χ4n) is 3.68. The number of aromatic nitrogens is 1. The number of hydrogen-bond acceptors (Lipinski definition) is 5. The summed E-state index contributed by atoms with van der Waals surface area (Å²) in [5.41, 5.74) is 2.61. The van der Waals surface area contributed by atoms with Crippen molar-refractivity contribution in [1.82, 2.24) is 4.57 Å². The smallest absolute Gasteiger partial charge is 0.344 e. The number of fused-ring (bicyclic) bond motifs is 1. The van der Waals surface area contributed by atoms with Gasteiger partial charge in [-0.2, -0.15) is 0 Å². The second kappa shape index (κ2) is 10.7. The van der Waals surface area contributed by atoms with Crippen LogP contribution in [0.4, 0.5) is 0 Å². The number of carbonyl (C=O) groups is 2. The topological polar surface area (TPSA) is 80.9 Å². The van der Waals surface area contributed by atoms with E-state index < -0.39 is 5.97 Å². The van der Waals surface area contributed by atoms with Crippen molar-refractivity contribution in [3.05, 3.63) is 86.1 Å². The Labute approximate surface area is 216 Å². The van der Waals surface area contributed by atoms with Gasteiger partial charge >= 0.3 is 5.97 Å². The molecule has 1 N–H and O–H groups in total. The van der Waals surface area contributed by atoms with E-state index in [4.69, 9.17) is 27.9 Å². The summed E-state index contributed by atoms with van der Waals surface area (Å²) >= 11 is 13.5. The molecule has 0 spiro atoms. The summed E-state index contributed by atoms with van der Waals surface area (Å²) in [7, 11) is 0. The Bertz CT molecular complexity index is 1420. The van der Waals surface area contributed by atoms with Crippen LogP contribution >= 0.6 is 35.0 Å². The molecule has 2 aromatic carbocycles. The van der Waals surface area contributed by atoms with Gasteiger partial charge in [-0.3, -0.25) is 4.79 Å². The Morgan fingerprint density at radius 2 is 1.94 bits per heavy atom. The van der Waals surface area contributed by atoms with Crippen molar-refractivity contribution in [1.29, 1.82) is 0 Å². The molecule has 0 radical (unpaired) electrons. The Hall–Kier alpha value is -3.00. The molecule has 35 heavy (non-hydrogen) atoms. The number of hydrogen-bond donors (Lipinski definition) is 1. The van der Waals surface area contributed by atoms with Gasteiger partial charge in [-0.15, -0.1) is 0 Å². The van der Waals surface area contributed by atoms with Gasteiger partial charge in [0.15, 0.2) is 0 Å². The number of aliphatic hydroxyl groups is 1. The average Bonchev–Trinajstić information content (AvgIpc) is 3.33. The van der Waals surface area contributed by atoms with Gasteiger partial charge < -0.3 is 14.4 Å². The first kappa shape index (κ1) is 25.1. The van der Waals surface area contributed by atoms with E-state index >= 15 is 0 Å². The molecule has 1 amide bonds. The van der Waals surface area contributed by atoms with E-state index in [1.54, 1.807) is 32.1 Å². The summed E-state index contributed by atoms with van der Waals surface area (Å²) in [5.74, 6) is -1.36. The van der Waals surface area contributed by atoms with E-state index in [1.807, 2.05) is 36.5 Å². The van der Waals surface area contributed by atoms with Gasteiger partial charge in [0.1, 0.15) is 16.4 Å². The minimum absolute atomic E-state index is 0.0958. The number of carbonyl (C=O) groups excluding carboxylic acids is 2. The Morgan fingerprint density at radius 3 is 2.66 bits per heavy atom. The summed E-state index contributed by atoms with van der Waals surface area (Å²) in [5, 5.41) is 13.1. The molecule has 0 bridgehead atoms. The Morgan fingerprint density at radius 1 is 1.17 bits per heavy atom. The highest BCUT2D eigenvalue weighted by atomic mass is 35.5. The predicted octanol–water partition coefficient (Wildman–Crippen LogP) is 6.79. The van der Waals surface area contributed by atoms with Crippen molar-refractivity contribution >= 4 is 68.9 Å². The van der Waals surface area contributed by atoms with Crippen molar-refractivity contribution in [3.63, 3.8) is 0 Å². The van der Waals surface area contributed by atoms with Gasteiger partial charge in [0, 0.05) is 45.7 Å². The molecule has 1 aliphatic rings. The molecule has 3 aromatic rings. The molecule has 0 atom stereocenters. The minimum Gasteiger partial charge on any atom is -0.506 e. The molecule has 2 heterocycles. The summed E-state index contributed by atoms with van der Waals surface area (Å²) in [4.78, 5) is 28.9. The normalized spacial score (nSPS) is 16.0. The number of esters is 1. The van der Waals surface area contributed by atoms with Crippen LogP contribution in [0.3, 0.4) is 0 Å². The number of halogens is 2. The number of benzene rings is 2. The van der Waals surface area contributed by atoms with Crippen molar-refractivity contribution in [3.8, 4) is 0 Å². The number of thioether (sulfide) groups is 1. The van der Waals surface area contributed by atoms with Gasteiger partial charge in [0.05, 0.1) is 11.5 Å². The first-order valence-corrected chi connectivity index (χ1v) is 12.5. The Kier molecular flexibility index (Phi) is 7.69. The molecule has 180 valence electrons. The van der Waals surface area contributed by atoms with Crippen LogP contribution in [0.15, 0.2) is 69.9 Å². The van der Waals surface area contributed by atoms with Crippen LogP contribution < -0.4 is 0 Å². The minimum atomic E-state index is -0.719. The fraction of sp³-hybridized carbons (Fsp3) is 0.192. The lowest BCUT2D eigenvalue weighted by Crippen LogP contribution is -2.14. The van der Waals surface area contributed by atoms with Gasteiger partial charge in [0.2, 0.25) is 5.91 Å². The summed E-state index contributed by atoms with van der Waals surface area (Å²) in [6, 6.07) is 13.2. The third-order valence-corrected chi connectivity index (χ3v) is 6.97. The zero-order valence-electron chi connectivity index (χ0n) is 19.0. The van der Waals surface area contributed by atoms with Gasteiger partial charge in [0.25, 0.3) is 0 Å². The second-order valence-electron chi connectivity index (χ2n) is 7.68. The molecule has 0 aliphatic carbocycles. The van der Waals surface area contributed by atoms with Gasteiger partial charge in [-0.05, 0) is 36.8 Å². The summed E-state index contributed by atoms with van der Waals surface area (Å²) in [6.45, 7) is 4.00. The summed E-state index contributed by atoms with van der Waals surface area (Å²) < 4.78 is 7.14. The van der Waals surface area contributed by atoms with Crippen LogP contribution in [0.25, 0.3) is 17.0 Å². The van der Waals surface area contributed by atoms with E-state index in [-0.39, 0.29) is 35.3 Å². The first-order chi connectivity index (χ1) is 16.8. The first-order valence-electron chi connectivity index (χ1n) is 11.0. The van der Waals surface area contributed by atoms with Gasteiger partial charge in [-0.25, -0.2) is 9.79 Å². The maximum atomic E-state index is 12.5. The highest BCUT2D eigenvalue weighted by molar-refractivity contribution is 8.18. The molecule has 1 aliphatic heterocycles. The van der Waals surface area contributed by atoms with Gasteiger partial charge in [-0.1, -0.05) is 66.2 Å². The zero-order chi connectivity index (χ0) is 25.1. The molecule has 0 fully saturated rings. The highest BCUT2D eigenvalue weighted by Crippen LogP contribution is 2.40. The molecule has 9 heteroatoms. The van der Waals surface area contributed by atoms with E-state index in [0.717, 1.165) is 33.8 Å². The third-order valence-electron chi connectivity index (χ3n) is 5.36. The molecule has 4 rings (SSSR count). The lowest BCUT2D eigenvalue weighted by Gasteiger charge is -2.08.